The Hall–Kier alpha value is -1.20. The van der Waals surface area contributed by atoms with Crippen LogP contribution in [0.5, 0.6) is 0 Å². The van der Waals surface area contributed by atoms with Gasteiger partial charge in [0.1, 0.15) is 5.82 Å². The van der Waals surface area contributed by atoms with E-state index in [1.807, 2.05) is 0 Å². The van der Waals surface area contributed by atoms with Crippen molar-refractivity contribution >= 4 is 0 Å². The third-order valence-corrected chi connectivity index (χ3v) is 2.01. The maximum atomic E-state index is 11.3. The molecule has 5 nitrogen and oxygen atoms in total. The Labute approximate surface area is 88.7 Å². The van der Waals surface area contributed by atoms with Crippen LogP contribution in [0.15, 0.2) is 10.9 Å². The molecule has 84 valence electrons. The molecule has 1 aromatic heterocycles. The monoisotopic (exact) mass is 211 g/mol. The van der Waals surface area contributed by atoms with E-state index in [2.05, 4.69) is 9.97 Å². The number of nitrogens with one attached hydrogen (secondary N) is 1. The summed E-state index contributed by atoms with van der Waals surface area (Å²) >= 11 is 0. The molecule has 0 aromatic carbocycles. The molecule has 0 saturated heterocycles. The average molecular weight is 211 g/mol. The van der Waals surface area contributed by atoms with Crippen molar-refractivity contribution in [3.8, 4) is 0 Å². The van der Waals surface area contributed by atoms with Gasteiger partial charge in [0.25, 0.3) is 5.56 Å². The molecule has 0 aliphatic heterocycles. The number of aryl methyl sites for hydroxylation is 1. The van der Waals surface area contributed by atoms with Crippen LogP contribution >= 0.6 is 0 Å². The number of aromatic amines is 1. The second kappa shape index (κ2) is 6.31. The van der Waals surface area contributed by atoms with E-state index >= 15 is 0 Å². The zero-order valence-corrected chi connectivity index (χ0v) is 8.95. The van der Waals surface area contributed by atoms with E-state index in [1.165, 1.54) is 6.07 Å². The van der Waals surface area contributed by atoms with Gasteiger partial charge in [-0.3, -0.25) is 4.79 Å². The summed E-state index contributed by atoms with van der Waals surface area (Å²) in [5.74, 6) is 0.711. The third kappa shape index (κ3) is 4.22. The molecule has 0 fully saturated rings. The molecule has 0 saturated carbocycles. The molecule has 1 rings (SSSR count). The van der Waals surface area contributed by atoms with Gasteiger partial charge in [-0.05, 0) is 13.0 Å². The maximum Gasteiger partial charge on any atom is 0.251 e. The van der Waals surface area contributed by atoms with Crippen LogP contribution in [0.2, 0.25) is 0 Å². The largest absolute Gasteiger partial charge is 0.385 e. The normalized spacial score (nSPS) is 10.5. The van der Waals surface area contributed by atoms with Gasteiger partial charge < -0.3 is 15.5 Å². The number of H-pyrrole nitrogens is 1. The van der Waals surface area contributed by atoms with Gasteiger partial charge in [0.05, 0.1) is 0 Å². The number of aromatic nitrogens is 2. The molecule has 15 heavy (non-hydrogen) atoms. The summed E-state index contributed by atoms with van der Waals surface area (Å²) in [7, 11) is 1.65. The molecule has 5 heteroatoms. The molecule has 0 atom stereocenters. The van der Waals surface area contributed by atoms with Crippen molar-refractivity contribution in [2.45, 2.75) is 19.3 Å². The molecule has 0 unspecified atom stereocenters. The highest BCUT2D eigenvalue weighted by Crippen LogP contribution is 1.96. The van der Waals surface area contributed by atoms with Crippen LogP contribution in [0.4, 0.5) is 0 Å². The molecule has 1 heterocycles. The highest BCUT2D eigenvalue weighted by Gasteiger charge is 2.00. The minimum atomic E-state index is -0.110. The van der Waals surface area contributed by atoms with Crippen LogP contribution in [0.3, 0.4) is 0 Å². The smallest absolute Gasteiger partial charge is 0.251 e. The van der Waals surface area contributed by atoms with Crippen LogP contribution < -0.4 is 11.3 Å². The van der Waals surface area contributed by atoms with Crippen molar-refractivity contribution in [2.24, 2.45) is 5.73 Å². The Morgan fingerprint density at radius 2 is 2.33 bits per heavy atom. The van der Waals surface area contributed by atoms with Crippen molar-refractivity contribution < 1.29 is 4.74 Å². The number of methoxy groups -OCH3 is 1. The number of rotatable bonds is 6. The zero-order valence-electron chi connectivity index (χ0n) is 8.95. The first kappa shape index (κ1) is 11.9. The Morgan fingerprint density at radius 1 is 1.53 bits per heavy atom. The number of hydrogen-bond donors (Lipinski definition) is 2. The zero-order chi connectivity index (χ0) is 11.1. The van der Waals surface area contributed by atoms with E-state index < -0.39 is 0 Å². The lowest BCUT2D eigenvalue weighted by Crippen LogP contribution is -2.15. The van der Waals surface area contributed by atoms with Crippen molar-refractivity contribution in [2.75, 3.05) is 20.3 Å². The molecule has 0 aliphatic rings. The standard InChI is InChI=1S/C10H17N3O2/c1-15-6-2-3-9-12-8(4-5-11)7-10(14)13-9/h7H,2-6,11H2,1H3,(H,12,13,14). The first-order valence-corrected chi connectivity index (χ1v) is 5.04. The van der Waals surface area contributed by atoms with Crippen molar-refractivity contribution in [1.29, 1.82) is 0 Å². The van der Waals surface area contributed by atoms with Gasteiger partial charge in [0.2, 0.25) is 0 Å². The van der Waals surface area contributed by atoms with E-state index in [4.69, 9.17) is 10.5 Å². The summed E-state index contributed by atoms with van der Waals surface area (Å²) in [5, 5.41) is 0. The number of ether oxygens (including phenoxy) is 1. The predicted octanol–water partition coefficient (Wildman–Crippen LogP) is -0.150. The van der Waals surface area contributed by atoms with Gasteiger partial charge in [-0.2, -0.15) is 0 Å². The van der Waals surface area contributed by atoms with Crippen LogP contribution in [-0.2, 0) is 17.6 Å². The molecule has 0 radical (unpaired) electrons. The molecular formula is C10H17N3O2. The first-order chi connectivity index (χ1) is 7.26. The SMILES string of the molecule is COCCCc1nc(CCN)cc(=O)[nH]1. The quantitative estimate of drug-likeness (QED) is 0.641. The predicted molar refractivity (Wildman–Crippen MR) is 57.8 cm³/mol. The summed E-state index contributed by atoms with van der Waals surface area (Å²) < 4.78 is 4.93. The summed E-state index contributed by atoms with van der Waals surface area (Å²) in [4.78, 5) is 18.3. The second-order valence-electron chi connectivity index (χ2n) is 3.32. The summed E-state index contributed by atoms with van der Waals surface area (Å²) in [6, 6.07) is 1.49. The van der Waals surface area contributed by atoms with Crippen LogP contribution in [0.25, 0.3) is 0 Å². The van der Waals surface area contributed by atoms with Crippen molar-refractivity contribution in [3.63, 3.8) is 0 Å². The fraction of sp³-hybridized carbons (Fsp3) is 0.600. The maximum absolute atomic E-state index is 11.3. The van der Waals surface area contributed by atoms with E-state index in [0.29, 0.717) is 25.4 Å². The highest BCUT2D eigenvalue weighted by molar-refractivity contribution is 5.03. The van der Waals surface area contributed by atoms with Gasteiger partial charge in [0.15, 0.2) is 0 Å². The summed E-state index contributed by atoms with van der Waals surface area (Å²) in [6.45, 7) is 1.18. The van der Waals surface area contributed by atoms with Crippen LogP contribution in [-0.4, -0.2) is 30.2 Å². The number of nitrogens with two attached hydrogens (primary N) is 1. The molecule has 0 spiro atoms. The van der Waals surface area contributed by atoms with Gasteiger partial charge in [-0.25, -0.2) is 4.98 Å². The molecule has 0 bridgehead atoms. The van der Waals surface area contributed by atoms with Crippen molar-refractivity contribution in [3.05, 3.63) is 27.9 Å². The summed E-state index contributed by atoms with van der Waals surface area (Å²) in [6.07, 6.45) is 2.22. The fourth-order valence-corrected chi connectivity index (χ4v) is 1.34. The highest BCUT2D eigenvalue weighted by atomic mass is 16.5. The lowest BCUT2D eigenvalue weighted by molar-refractivity contribution is 0.194. The van der Waals surface area contributed by atoms with Crippen molar-refractivity contribution in [1.82, 2.24) is 9.97 Å². The van der Waals surface area contributed by atoms with Gasteiger partial charge >= 0.3 is 0 Å². The number of hydrogen-bond acceptors (Lipinski definition) is 4. The Balaban J connectivity index is 2.66. The third-order valence-electron chi connectivity index (χ3n) is 2.01. The lowest BCUT2D eigenvalue weighted by Gasteiger charge is -2.02. The molecule has 0 amide bonds. The van der Waals surface area contributed by atoms with Gasteiger partial charge in [0, 0.05) is 38.3 Å². The lowest BCUT2D eigenvalue weighted by atomic mass is 10.2. The first-order valence-electron chi connectivity index (χ1n) is 5.04. The second-order valence-corrected chi connectivity index (χ2v) is 3.32. The topological polar surface area (TPSA) is 81.0 Å². The van der Waals surface area contributed by atoms with Crippen LogP contribution in [0.1, 0.15) is 17.9 Å². The van der Waals surface area contributed by atoms with E-state index in [9.17, 15) is 4.79 Å². The van der Waals surface area contributed by atoms with E-state index in [-0.39, 0.29) is 5.56 Å². The molecule has 3 N–H and O–H groups in total. The molecular weight excluding hydrogens is 194 g/mol. The fourth-order valence-electron chi connectivity index (χ4n) is 1.34. The minimum Gasteiger partial charge on any atom is -0.385 e. The van der Waals surface area contributed by atoms with Gasteiger partial charge in [-0.15, -0.1) is 0 Å². The van der Waals surface area contributed by atoms with Crippen LogP contribution in [0, 0.1) is 0 Å². The van der Waals surface area contributed by atoms with Gasteiger partial charge in [-0.1, -0.05) is 0 Å². The molecule has 0 aliphatic carbocycles. The minimum absolute atomic E-state index is 0.110. The Bertz CT molecular complexity index is 349. The van der Waals surface area contributed by atoms with E-state index in [0.717, 1.165) is 18.5 Å². The average Bonchev–Trinajstić information content (AvgIpc) is 2.18. The van der Waals surface area contributed by atoms with E-state index in [1.54, 1.807) is 7.11 Å². The Kier molecular flexibility index (Phi) is 5.00. The summed E-state index contributed by atoms with van der Waals surface area (Å²) in [5.41, 5.74) is 6.06. The Morgan fingerprint density at radius 3 is 3.00 bits per heavy atom. The number of nitrogens with zero attached hydrogens (tertiary/aromatic N) is 1. The molecule has 1 aromatic rings.